The van der Waals surface area contributed by atoms with E-state index in [0.717, 1.165) is 34.7 Å². The molecule has 7 nitrogen and oxygen atoms in total. The van der Waals surface area contributed by atoms with Gasteiger partial charge in [-0.2, -0.15) is 4.31 Å². The number of likely N-dealkylation sites (tertiary alicyclic amines) is 1. The third-order valence-electron chi connectivity index (χ3n) is 5.35. The molecule has 1 aliphatic rings. The van der Waals surface area contributed by atoms with E-state index in [1.165, 1.54) is 7.05 Å². The van der Waals surface area contributed by atoms with Gasteiger partial charge in [-0.1, -0.05) is 54.6 Å². The Balaban J connectivity index is 1.77. The van der Waals surface area contributed by atoms with Gasteiger partial charge in [-0.3, -0.25) is 9.59 Å². The molecule has 2 aromatic carbocycles. The lowest BCUT2D eigenvalue weighted by Crippen LogP contribution is -2.41. The quantitative estimate of drug-likeness (QED) is 0.696. The van der Waals surface area contributed by atoms with Crippen molar-refractivity contribution in [2.24, 2.45) is 0 Å². The fourth-order valence-corrected chi connectivity index (χ4v) is 4.19. The molecule has 0 saturated carbocycles. The van der Waals surface area contributed by atoms with Gasteiger partial charge in [0.05, 0.1) is 6.26 Å². The first-order valence-corrected chi connectivity index (χ1v) is 11.7. The summed E-state index contributed by atoms with van der Waals surface area (Å²) in [4.78, 5) is 26.8. The van der Waals surface area contributed by atoms with Crippen LogP contribution in [-0.2, 0) is 32.7 Å². The minimum absolute atomic E-state index is 0.146. The second kappa shape index (κ2) is 9.40. The molecule has 1 N–H and O–H groups in total. The Morgan fingerprint density at radius 3 is 2.33 bits per heavy atom. The molecule has 0 radical (unpaired) electrons. The number of carbonyl (C=O) groups is 2. The van der Waals surface area contributed by atoms with Crippen molar-refractivity contribution in [3.8, 4) is 0 Å². The molecule has 1 aliphatic heterocycles. The molecular weight excluding hydrogens is 402 g/mol. The van der Waals surface area contributed by atoms with E-state index < -0.39 is 22.0 Å². The molecule has 0 aliphatic carbocycles. The Morgan fingerprint density at radius 1 is 1.10 bits per heavy atom. The molecule has 0 spiro atoms. The highest BCUT2D eigenvalue weighted by Crippen LogP contribution is 2.23. The minimum Gasteiger partial charge on any atom is -0.350 e. The molecule has 30 heavy (non-hydrogen) atoms. The van der Waals surface area contributed by atoms with E-state index in [9.17, 15) is 18.0 Å². The summed E-state index contributed by atoms with van der Waals surface area (Å²) in [6, 6.07) is 15.5. The zero-order chi connectivity index (χ0) is 21.7. The van der Waals surface area contributed by atoms with Crippen LogP contribution in [0.4, 0.5) is 0 Å². The van der Waals surface area contributed by atoms with E-state index >= 15 is 0 Å². The summed E-state index contributed by atoms with van der Waals surface area (Å²) in [5.41, 5.74) is 2.47. The average molecular weight is 430 g/mol. The number of benzene rings is 2. The molecule has 2 amide bonds. The minimum atomic E-state index is -3.58. The van der Waals surface area contributed by atoms with E-state index in [2.05, 4.69) is 5.32 Å². The first-order valence-electron chi connectivity index (χ1n) is 9.87. The first-order chi connectivity index (χ1) is 14.3. The van der Waals surface area contributed by atoms with Crippen molar-refractivity contribution in [1.82, 2.24) is 14.5 Å². The van der Waals surface area contributed by atoms with Crippen molar-refractivity contribution in [1.29, 1.82) is 0 Å². The maximum absolute atomic E-state index is 13.0. The number of amides is 2. The van der Waals surface area contributed by atoms with Crippen LogP contribution in [-0.4, -0.2) is 49.3 Å². The maximum Gasteiger partial charge on any atom is 0.243 e. The molecule has 1 atom stereocenters. The van der Waals surface area contributed by atoms with Crippen LogP contribution < -0.4 is 5.32 Å². The monoisotopic (exact) mass is 429 g/mol. The van der Waals surface area contributed by atoms with Gasteiger partial charge in [0.1, 0.15) is 6.04 Å². The fourth-order valence-electron chi connectivity index (χ4n) is 3.59. The van der Waals surface area contributed by atoms with Crippen molar-refractivity contribution >= 4 is 21.8 Å². The van der Waals surface area contributed by atoms with Gasteiger partial charge in [-0.15, -0.1) is 0 Å². The summed E-state index contributed by atoms with van der Waals surface area (Å²) in [7, 11) is -2.18. The van der Waals surface area contributed by atoms with Gasteiger partial charge in [0.25, 0.3) is 0 Å². The third-order valence-corrected chi connectivity index (χ3v) is 6.61. The van der Waals surface area contributed by atoms with E-state index in [-0.39, 0.29) is 12.5 Å². The van der Waals surface area contributed by atoms with Crippen LogP contribution in [0.25, 0.3) is 0 Å². The van der Waals surface area contributed by atoms with Gasteiger partial charge >= 0.3 is 0 Å². The normalized spacial score (nSPS) is 15.4. The molecule has 1 heterocycles. The molecule has 0 bridgehead atoms. The number of sulfonamides is 1. The number of hydrogen-bond acceptors (Lipinski definition) is 4. The first kappa shape index (κ1) is 22.0. The molecule has 0 aromatic heterocycles. The van der Waals surface area contributed by atoms with Crippen LogP contribution in [0, 0.1) is 0 Å². The lowest BCUT2D eigenvalue weighted by atomic mass is 10.0. The number of likely N-dealkylation sites (N-methyl/N-ethyl adjacent to an activating group) is 1. The number of hydrogen-bond donors (Lipinski definition) is 1. The van der Waals surface area contributed by atoms with Crippen molar-refractivity contribution in [2.45, 2.75) is 32.0 Å². The summed E-state index contributed by atoms with van der Waals surface area (Å²) in [6.07, 6.45) is 2.53. The highest BCUT2D eigenvalue weighted by atomic mass is 32.2. The third kappa shape index (κ3) is 5.25. The molecule has 3 rings (SSSR count). The molecule has 8 heteroatoms. The lowest BCUT2D eigenvalue weighted by molar-refractivity contribution is -0.128. The maximum atomic E-state index is 13.0. The Labute approximate surface area is 177 Å². The Hall–Kier alpha value is -2.71. The summed E-state index contributed by atoms with van der Waals surface area (Å²) >= 11 is 0. The average Bonchev–Trinajstić information content (AvgIpc) is 3.12. The Bertz CT molecular complexity index is 1010. The molecule has 2 aromatic rings. The zero-order valence-corrected chi connectivity index (χ0v) is 18.1. The Morgan fingerprint density at radius 2 is 1.73 bits per heavy atom. The second-order valence-corrected chi connectivity index (χ2v) is 9.54. The van der Waals surface area contributed by atoms with Crippen molar-refractivity contribution < 1.29 is 18.0 Å². The van der Waals surface area contributed by atoms with Gasteiger partial charge in [0.2, 0.25) is 21.8 Å². The Kier molecular flexibility index (Phi) is 6.89. The summed E-state index contributed by atoms with van der Waals surface area (Å²) in [5, 5.41) is 2.88. The molecule has 1 unspecified atom stereocenters. The van der Waals surface area contributed by atoms with Gasteiger partial charge in [-0.05, 0) is 23.1 Å². The SMILES string of the molecule is CN(C(C(=O)NCc1ccccc1CN1CCCC1=O)c1ccccc1)S(C)(=O)=O. The van der Waals surface area contributed by atoms with Crippen LogP contribution in [0.1, 0.15) is 35.6 Å². The van der Waals surface area contributed by atoms with Gasteiger partial charge in [0.15, 0.2) is 0 Å². The van der Waals surface area contributed by atoms with E-state index in [4.69, 9.17) is 0 Å². The summed E-state index contributed by atoms with van der Waals surface area (Å²) in [5.74, 6) is -0.256. The second-order valence-electron chi connectivity index (χ2n) is 7.50. The van der Waals surface area contributed by atoms with Crippen LogP contribution >= 0.6 is 0 Å². The van der Waals surface area contributed by atoms with E-state index in [1.807, 2.05) is 35.2 Å². The largest absolute Gasteiger partial charge is 0.350 e. The highest BCUT2D eigenvalue weighted by Gasteiger charge is 2.30. The fraction of sp³-hybridized carbons (Fsp3) is 0.364. The van der Waals surface area contributed by atoms with Crippen LogP contribution in [0.2, 0.25) is 0 Å². The van der Waals surface area contributed by atoms with Gasteiger partial charge in [0, 0.05) is 33.1 Å². The number of rotatable bonds is 8. The highest BCUT2D eigenvalue weighted by molar-refractivity contribution is 7.88. The van der Waals surface area contributed by atoms with E-state index in [0.29, 0.717) is 18.5 Å². The summed E-state index contributed by atoms with van der Waals surface area (Å²) in [6.45, 7) is 1.50. The summed E-state index contributed by atoms with van der Waals surface area (Å²) < 4.78 is 25.3. The molecule has 1 fully saturated rings. The van der Waals surface area contributed by atoms with Crippen molar-refractivity contribution in [3.63, 3.8) is 0 Å². The number of nitrogens with one attached hydrogen (secondary N) is 1. The molecule has 1 saturated heterocycles. The molecular formula is C22H27N3O4S. The van der Waals surface area contributed by atoms with Crippen molar-refractivity contribution in [2.75, 3.05) is 19.8 Å². The van der Waals surface area contributed by atoms with Crippen molar-refractivity contribution in [3.05, 3.63) is 71.3 Å². The topological polar surface area (TPSA) is 86.8 Å². The van der Waals surface area contributed by atoms with Crippen LogP contribution in [0.5, 0.6) is 0 Å². The molecule has 160 valence electrons. The van der Waals surface area contributed by atoms with Crippen LogP contribution in [0.3, 0.4) is 0 Å². The van der Waals surface area contributed by atoms with Gasteiger partial charge < -0.3 is 10.2 Å². The predicted molar refractivity (Wildman–Crippen MR) is 115 cm³/mol. The lowest BCUT2D eigenvalue weighted by Gasteiger charge is -2.26. The predicted octanol–water partition coefficient (Wildman–Crippen LogP) is 2.06. The number of nitrogens with zero attached hydrogens (tertiary/aromatic N) is 2. The standard InChI is InChI=1S/C22H27N3O4S/c1-24(30(2,28)29)21(17-9-4-3-5-10-17)22(27)23-15-18-11-6-7-12-19(18)16-25-14-8-13-20(25)26/h3-7,9-12,21H,8,13-16H2,1-2H3,(H,23,27). The van der Waals surface area contributed by atoms with Gasteiger partial charge in [-0.25, -0.2) is 8.42 Å². The zero-order valence-electron chi connectivity index (χ0n) is 17.2. The van der Waals surface area contributed by atoms with Crippen LogP contribution in [0.15, 0.2) is 54.6 Å². The smallest absolute Gasteiger partial charge is 0.243 e. The van der Waals surface area contributed by atoms with E-state index in [1.54, 1.807) is 24.3 Å². The number of carbonyl (C=O) groups excluding carboxylic acids is 2.